The largest absolute Gasteiger partial charge is 0.392 e. The first-order chi connectivity index (χ1) is 12.6. The summed E-state index contributed by atoms with van der Waals surface area (Å²) in [4.78, 5) is 6.59. The van der Waals surface area contributed by atoms with Gasteiger partial charge < -0.3 is 10.2 Å². The molecule has 3 N–H and O–H groups in total. The molecule has 6 nitrogen and oxygen atoms in total. The minimum atomic E-state index is -0.628. The quantitative estimate of drug-likeness (QED) is 0.656. The lowest BCUT2D eigenvalue weighted by Crippen LogP contribution is -2.30. The lowest BCUT2D eigenvalue weighted by molar-refractivity contribution is 0.0972. The second kappa shape index (κ2) is 7.15. The van der Waals surface area contributed by atoms with Crippen LogP contribution in [0.2, 0.25) is 0 Å². The molecule has 6 heteroatoms. The van der Waals surface area contributed by atoms with E-state index in [0.29, 0.717) is 25.3 Å². The fraction of sp³-hybridized carbons (Fsp3) is 0.400. The van der Waals surface area contributed by atoms with Gasteiger partial charge in [0.25, 0.3) is 0 Å². The number of aromatic nitrogens is 3. The lowest BCUT2D eigenvalue weighted by atomic mass is 10.0. The fourth-order valence-electron chi connectivity index (χ4n) is 3.71. The number of fused-ring (bicyclic) bond motifs is 1. The molecule has 26 heavy (non-hydrogen) atoms. The number of aryl methyl sites for hydroxylation is 1. The second-order valence-electron chi connectivity index (χ2n) is 6.98. The summed E-state index contributed by atoms with van der Waals surface area (Å²) in [7, 11) is 0. The number of likely N-dealkylation sites (tertiary alicyclic amines) is 1. The van der Waals surface area contributed by atoms with Crippen LogP contribution in [0.15, 0.2) is 42.5 Å². The smallest absolute Gasteiger partial charge is 0.167 e. The van der Waals surface area contributed by atoms with E-state index in [9.17, 15) is 10.2 Å². The zero-order valence-electron chi connectivity index (χ0n) is 14.8. The van der Waals surface area contributed by atoms with Crippen molar-refractivity contribution in [1.82, 2.24) is 20.1 Å². The van der Waals surface area contributed by atoms with Crippen molar-refractivity contribution in [2.24, 2.45) is 0 Å². The highest BCUT2D eigenvalue weighted by molar-refractivity contribution is 5.83. The Labute approximate surface area is 152 Å². The first kappa shape index (κ1) is 17.1. The van der Waals surface area contributed by atoms with Gasteiger partial charge in [-0.3, -0.25) is 10.00 Å². The monoisotopic (exact) mass is 352 g/mol. The molecular formula is C20H24N4O2. The number of rotatable bonds is 5. The van der Waals surface area contributed by atoms with E-state index in [1.807, 2.05) is 43.3 Å². The van der Waals surface area contributed by atoms with Gasteiger partial charge in [-0.1, -0.05) is 43.3 Å². The number of hydrogen-bond donors (Lipinski definition) is 3. The topological polar surface area (TPSA) is 85.3 Å². The van der Waals surface area contributed by atoms with Gasteiger partial charge >= 0.3 is 0 Å². The summed E-state index contributed by atoms with van der Waals surface area (Å²) in [5, 5.41) is 30.4. The maximum atomic E-state index is 10.8. The van der Waals surface area contributed by atoms with Crippen LogP contribution in [0.3, 0.4) is 0 Å². The molecule has 1 saturated heterocycles. The van der Waals surface area contributed by atoms with Crippen LogP contribution in [0.5, 0.6) is 0 Å². The number of β-amino-alcohol motifs (C(OH)–C–C–N with tert-alkyl or cyclic N) is 2. The molecule has 136 valence electrons. The molecule has 0 saturated carbocycles. The molecule has 2 heterocycles. The van der Waals surface area contributed by atoms with Gasteiger partial charge in [0.1, 0.15) is 5.82 Å². The first-order valence-corrected chi connectivity index (χ1v) is 9.14. The summed E-state index contributed by atoms with van der Waals surface area (Å²) in [5.74, 6) is 1.54. The molecule has 0 bridgehead atoms. The van der Waals surface area contributed by atoms with Crippen molar-refractivity contribution in [2.45, 2.75) is 38.0 Å². The van der Waals surface area contributed by atoms with Gasteiger partial charge in [0.2, 0.25) is 0 Å². The molecule has 1 aliphatic heterocycles. The normalized spacial score (nSPS) is 22.1. The molecule has 3 aromatic rings. The molecular weight excluding hydrogens is 328 g/mol. The van der Waals surface area contributed by atoms with Crippen molar-refractivity contribution < 1.29 is 10.2 Å². The third-order valence-corrected chi connectivity index (χ3v) is 5.13. The lowest BCUT2D eigenvalue weighted by Gasteiger charge is -2.25. The second-order valence-corrected chi connectivity index (χ2v) is 6.98. The predicted molar refractivity (Wildman–Crippen MR) is 99.6 cm³/mol. The molecule has 1 aliphatic rings. The molecule has 0 aliphatic carbocycles. The van der Waals surface area contributed by atoms with Gasteiger partial charge in [-0.25, -0.2) is 4.98 Å². The molecule has 1 fully saturated rings. The van der Waals surface area contributed by atoms with Crippen LogP contribution >= 0.6 is 0 Å². The van der Waals surface area contributed by atoms with Crippen LogP contribution in [-0.4, -0.2) is 49.5 Å². The van der Waals surface area contributed by atoms with E-state index in [0.717, 1.165) is 28.6 Å². The Kier molecular flexibility index (Phi) is 4.72. The summed E-state index contributed by atoms with van der Waals surface area (Å²) in [6.45, 7) is 2.98. The number of aliphatic hydroxyl groups excluding tert-OH is 2. The number of benzene rings is 2. The van der Waals surface area contributed by atoms with Gasteiger partial charge in [-0.05, 0) is 28.8 Å². The highest BCUT2D eigenvalue weighted by Crippen LogP contribution is 2.32. The van der Waals surface area contributed by atoms with E-state index in [1.54, 1.807) is 0 Å². The first-order valence-electron chi connectivity index (χ1n) is 9.14. The van der Waals surface area contributed by atoms with Gasteiger partial charge in [-0.2, -0.15) is 5.10 Å². The van der Waals surface area contributed by atoms with E-state index in [2.05, 4.69) is 26.1 Å². The SMILES string of the molecule is CCc1nc([C@@H]2C[C@@H](O)CN2CC(O)c2ccc3ccccc3c2)n[nH]1. The average Bonchev–Trinajstić information content (AvgIpc) is 3.27. The van der Waals surface area contributed by atoms with Crippen LogP contribution in [0.25, 0.3) is 10.8 Å². The Hall–Kier alpha value is -2.28. The molecule has 0 spiro atoms. The highest BCUT2D eigenvalue weighted by Gasteiger charge is 2.35. The average molecular weight is 352 g/mol. The van der Waals surface area contributed by atoms with Crippen LogP contribution in [-0.2, 0) is 6.42 Å². The number of nitrogens with one attached hydrogen (secondary N) is 1. The van der Waals surface area contributed by atoms with Gasteiger partial charge in [0, 0.05) is 19.5 Å². The molecule has 1 aromatic heterocycles. The predicted octanol–water partition coefficient (Wildman–Crippen LogP) is 2.36. The molecule has 0 radical (unpaired) electrons. The number of aliphatic hydroxyl groups is 2. The zero-order chi connectivity index (χ0) is 18.1. The summed E-state index contributed by atoms with van der Waals surface area (Å²) in [6.07, 6.45) is 0.331. The maximum absolute atomic E-state index is 10.8. The summed E-state index contributed by atoms with van der Waals surface area (Å²) >= 11 is 0. The Bertz CT molecular complexity index is 894. The minimum absolute atomic E-state index is 0.0725. The van der Waals surface area contributed by atoms with E-state index in [1.165, 1.54) is 0 Å². The van der Waals surface area contributed by atoms with Crippen molar-refractivity contribution in [3.8, 4) is 0 Å². The van der Waals surface area contributed by atoms with E-state index >= 15 is 0 Å². The number of nitrogens with zero attached hydrogens (tertiary/aromatic N) is 3. The van der Waals surface area contributed by atoms with Crippen molar-refractivity contribution in [3.05, 3.63) is 59.7 Å². The Morgan fingerprint density at radius 1 is 1.23 bits per heavy atom. The van der Waals surface area contributed by atoms with Crippen molar-refractivity contribution in [3.63, 3.8) is 0 Å². The molecule has 4 rings (SSSR count). The third-order valence-electron chi connectivity index (χ3n) is 5.13. The molecule has 1 unspecified atom stereocenters. The van der Waals surface area contributed by atoms with Crippen molar-refractivity contribution in [1.29, 1.82) is 0 Å². The number of H-pyrrole nitrogens is 1. The Morgan fingerprint density at radius 2 is 2.04 bits per heavy atom. The van der Waals surface area contributed by atoms with Crippen molar-refractivity contribution >= 4 is 10.8 Å². The third kappa shape index (κ3) is 3.35. The number of hydrogen-bond acceptors (Lipinski definition) is 5. The summed E-state index contributed by atoms with van der Waals surface area (Å²) < 4.78 is 0. The van der Waals surface area contributed by atoms with Crippen molar-refractivity contribution in [2.75, 3.05) is 13.1 Å². The summed E-state index contributed by atoms with van der Waals surface area (Å²) in [6, 6.07) is 14.1. The van der Waals surface area contributed by atoms with Crippen LogP contribution in [0.1, 0.15) is 42.7 Å². The highest BCUT2D eigenvalue weighted by atomic mass is 16.3. The van der Waals surface area contributed by atoms with Gasteiger partial charge in [0.05, 0.1) is 18.2 Å². The maximum Gasteiger partial charge on any atom is 0.167 e. The molecule has 3 atom stereocenters. The molecule has 0 amide bonds. The number of aromatic amines is 1. The van der Waals surface area contributed by atoms with Gasteiger partial charge in [-0.15, -0.1) is 0 Å². The zero-order valence-corrected chi connectivity index (χ0v) is 14.8. The fourth-order valence-corrected chi connectivity index (χ4v) is 3.71. The minimum Gasteiger partial charge on any atom is -0.392 e. The van der Waals surface area contributed by atoms with Crippen LogP contribution in [0, 0.1) is 0 Å². The molecule has 2 aromatic carbocycles. The van der Waals surface area contributed by atoms with Gasteiger partial charge in [0.15, 0.2) is 5.82 Å². The standard InChI is InChI=1S/C20H24N4O2/c1-2-19-21-20(23-22-19)17-10-16(25)11-24(17)12-18(26)15-8-7-13-5-3-4-6-14(13)9-15/h3-9,16-18,25-26H,2,10-12H2,1H3,(H,21,22,23)/t16-,17+,18?/m1/s1. The van der Waals surface area contributed by atoms with E-state index < -0.39 is 12.2 Å². The van der Waals surface area contributed by atoms with Crippen LogP contribution < -0.4 is 0 Å². The van der Waals surface area contributed by atoms with E-state index in [-0.39, 0.29) is 6.04 Å². The van der Waals surface area contributed by atoms with E-state index in [4.69, 9.17) is 0 Å². The van der Waals surface area contributed by atoms with Crippen LogP contribution in [0.4, 0.5) is 0 Å². The Morgan fingerprint density at radius 3 is 2.81 bits per heavy atom. The Balaban J connectivity index is 1.53. The summed E-state index contributed by atoms with van der Waals surface area (Å²) in [5.41, 5.74) is 0.882.